The molecule has 2 unspecified atom stereocenters. The number of fused-ring (bicyclic) bond motifs is 2. The van der Waals surface area contributed by atoms with E-state index in [0.29, 0.717) is 22.2 Å². The third-order valence-electron chi connectivity index (χ3n) is 8.68. The molecule has 0 aliphatic carbocycles. The summed E-state index contributed by atoms with van der Waals surface area (Å²) in [6.45, 7) is 0. The lowest BCUT2D eigenvalue weighted by Gasteiger charge is -2.38. The van der Waals surface area contributed by atoms with Crippen LogP contribution in [0.3, 0.4) is 0 Å². The molecule has 0 bridgehead atoms. The van der Waals surface area contributed by atoms with Crippen molar-refractivity contribution in [1.82, 2.24) is 15.0 Å². The fourth-order valence-electron chi connectivity index (χ4n) is 6.20. The van der Waals surface area contributed by atoms with E-state index in [1.54, 1.807) is 66.7 Å². The van der Waals surface area contributed by atoms with Crippen molar-refractivity contribution in [3.05, 3.63) is 160 Å². The van der Waals surface area contributed by atoms with Crippen molar-refractivity contribution in [2.75, 3.05) is 0 Å². The number of halogens is 4. The molecule has 0 aliphatic heterocycles. The molecular weight excluding hydrogens is 651 g/mol. The van der Waals surface area contributed by atoms with Crippen LogP contribution >= 0.6 is 11.6 Å². The van der Waals surface area contributed by atoms with E-state index in [9.17, 15) is 9.90 Å². The van der Waals surface area contributed by atoms with Gasteiger partial charge < -0.3 is 20.2 Å². The number of carboxylic acid groups (broad SMARTS) is 1. The Morgan fingerprint density at radius 3 is 2.04 bits per heavy atom. The van der Waals surface area contributed by atoms with Crippen LogP contribution in [0.5, 0.6) is 0 Å². The molecule has 2 atom stereocenters. The number of rotatable bonds is 8. The smallest absolute Gasteiger partial charge is 0.422 e. The van der Waals surface area contributed by atoms with Crippen LogP contribution in [-0.4, -0.2) is 37.3 Å². The van der Waals surface area contributed by atoms with Crippen LogP contribution in [0, 0.1) is 0 Å². The number of aromatic amines is 2. The number of alkyl halides is 3. The minimum atomic E-state index is -5.17. The number of hydrogen-bond donors (Lipinski definition) is 4. The molecular formula is C39H27ClF3N3O3. The molecule has 7 aromatic rings. The van der Waals surface area contributed by atoms with Crippen molar-refractivity contribution in [2.45, 2.75) is 17.7 Å². The zero-order valence-electron chi connectivity index (χ0n) is 25.5. The van der Waals surface area contributed by atoms with Gasteiger partial charge in [-0.15, -0.1) is 0 Å². The SMILES string of the molecule is O=C(O)c1ccc(/C=C/c2ccc(C(c3cc4ccccc4[nH]3)C(O)(c3ccnc(-c4cc5ccccc5[nH]4)c3)C(F)(F)F)c(Cl)c2)cc1. The molecule has 0 spiro atoms. The fourth-order valence-corrected chi connectivity index (χ4v) is 6.50. The topological polar surface area (TPSA) is 102 Å². The number of aromatic nitrogens is 3. The molecule has 0 amide bonds. The molecule has 49 heavy (non-hydrogen) atoms. The summed E-state index contributed by atoms with van der Waals surface area (Å²) in [5, 5.41) is 22.9. The van der Waals surface area contributed by atoms with Gasteiger partial charge in [-0.1, -0.05) is 84.4 Å². The van der Waals surface area contributed by atoms with Crippen LogP contribution in [0.15, 0.2) is 121 Å². The lowest BCUT2D eigenvalue weighted by Crippen LogP contribution is -2.48. The second kappa shape index (κ2) is 12.4. The molecule has 10 heteroatoms. The van der Waals surface area contributed by atoms with Crippen LogP contribution < -0.4 is 0 Å². The number of carbonyl (C=O) groups is 1. The summed E-state index contributed by atoms with van der Waals surface area (Å²) in [6.07, 6.45) is -0.457. The molecule has 0 aliphatic rings. The maximum atomic E-state index is 15.6. The minimum absolute atomic E-state index is 0.0135. The van der Waals surface area contributed by atoms with Crippen LogP contribution in [0.2, 0.25) is 5.02 Å². The number of pyridine rings is 1. The molecule has 3 aromatic heterocycles. The number of carboxylic acids is 1. The fraction of sp³-hybridized carbons (Fsp3) is 0.0769. The van der Waals surface area contributed by atoms with Crippen molar-refractivity contribution in [3.63, 3.8) is 0 Å². The van der Waals surface area contributed by atoms with E-state index in [0.717, 1.165) is 16.5 Å². The van der Waals surface area contributed by atoms with Gasteiger partial charge in [-0.25, -0.2) is 4.79 Å². The zero-order valence-corrected chi connectivity index (χ0v) is 26.3. The summed E-state index contributed by atoms with van der Waals surface area (Å²) < 4.78 is 46.7. The Morgan fingerprint density at radius 2 is 1.41 bits per heavy atom. The molecule has 4 N–H and O–H groups in total. The van der Waals surface area contributed by atoms with E-state index in [1.165, 1.54) is 42.6 Å². The van der Waals surface area contributed by atoms with E-state index in [1.807, 2.05) is 24.3 Å². The maximum Gasteiger partial charge on any atom is 0.422 e. The molecule has 7 rings (SSSR count). The highest BCUT2D eigenvalue weighted by molar-refractivity contribution is 6.31. The van der Waals surface area contributed by atoms with Gasteiger partial charge in [0.1, 0.15) is 0 Å². The number of H-pyrrole nitrogens is 2. The van der Waals surface area contributed by atoms with Gasteiger partial charge in [0, 0.05) is 33.3 Å². The number of aromatic carboxylic acids is 1. The number of hydrogen-bond acceptors (Lipinski definition) is 3. The van der Waals surface area contributed by atoms with Gasteiger partial charge in [0.15, 0.2) is 5.60 Å². The van der Waals surface area contributed by atoms with E-state index in [4.69, 9.17) is 16.7 Å². The summed E-state index contributed by atoms with van der Waals surface area (Å²) in [4.78, 5) is 21.8. The largest absolute Gasteiger partial charge is 0.478 e. The molecule has 0 saturated heterocycles. The van der Waals surface area contributed by atoms with Crippen LogP contribution in [0.25, 0.3) is 45.3 Å². The number of benzene rings is 4. The molecule has 6 nitrogen and oxygen atoms in total. The number of nitrogens with one attached hydrogen (secondary N) is 2. The maximum absolute atomic E-state index is 15.6. The molecule has 0 fully saturated rings. The highest BCUT2D eigenvalue weighted by Crippen LogP contribution is 2.53. The van der Waals surface area contributed by atoms with Gasteiger partial charge in [-0.3, -0.25) is 4.98 Å². The van der Waals surface area contributed by atoms with Crippen molar-refractivity contribution < 1.29 is 28.2 Å². The van der Waals surface area contributed by atoms with Gasteiger partial charge in [0.05, 0.1) is 22.9 Å². The number of para-hydroxylation sites is 2. The summed E-state index contributed by atoms with van der Waals surface area (Å²) in [5.74, 6) is -2.76. The summed E-state index contributed by atoms with van der Waals surface area (Å²) in [6, 6.07) is 31.2. The first-order valence-electron chi connectivity index (χ1n) is 15.2. The minimum Gasteiger partial charge on any atom is -0.478 e. The molecule has 0 radical (unpaired) electrons. The highest BCUT2D eigenvalue weighted by atomic mass is 35.5. The monoisotopic (exact) mass is 677 g/mol. The Balaban J connectivity index is 1.35. The zero-order chi connectivity index (χ0) is 34.3. The first-order valence-corrected chi connectivity index (χ1v) is 15.6. The first-order chi connectivity index (χ1) is 23.5. The summed E-state index contributed by atoms with van der Waals surface area (Å²) >= 11 is 6.82. The van der Waals surface area contributed by atoms with E-state index < -0.39 is 29.2 Å². The standard InChI is InChI=1S/C39H27ClF3N3O3/c40-30-19-24(10-9-23-11-14-25(15-12-23)37(47)48)13-16-29(30)36(35-21-27-6-2-4-8-32(27)46-35)38(49,39(41,42)43)28-17-18-44-33(22-28)34-20-26-5-1-3-7-31(26)45-34/h1-22,36,45-46,49H,(H,47,48)/b10-9+. The van der Waals surface area contributed by atoms with Crippen LogP contribution in [0.4, 0.5) is 13.2 Å². The lowest BCUT2D eigenvalue weighted by molar-refractivity contribution is -0.272. The van der Waals surface area contributed by atoms with Gasteiger partial charge in [-0.05, 0) is 82.2 Å². The van der Waals surface area contributed by atoms with Crippen molar-refractivity contribution in [1.29, 1.82) is 0 Å². The Hall–Kier alpha value is -5.64. The normalized spacial score (nSPS) is 14.0. The summed E-state index contributed by atoms with van der Waals surface area (Å²) in [5.41, 5.74) is -0.0997. The molecule has 4 aromatic carbocycles. The van der Waals surface area contributed by atoms with Crippen LogP contribution in [-0.2, 0) is 5.60 Å². The Labute approximate surface area is 283 Å². The highest BCUT2D eigenvalue weighted by Gasteiger charge is 2.61. The number of aliphatic hydroxyl groups is 1. The van der Waals surface area contributed by atoms with Crippen LogP contribution in [0.1, 0.15) is 44.2 Å². The number of nitrogens with zero attached hydrogens (tertiary/aromatic N) is 1. The Kier molecular flexibility index (Phi) is 8.10. The molecule has 0 saturated carbocycles. The Morgan fingerprint density at radius 1 is 0.776 bits per heavy atom. The average Bonchev–Trinajstić information content (AvgIpc) is 3.73. The van der Waals surface area contributed by atoms with Gasteiger partial charge >= 0.3 is 12.1 Å². The molecule has 244 valence electrons. The van der Waals surface area contributed by atoms with Gasteiger partial charge in [-0.2, -0.15) is 13.2 Å². The second-order valence-corrected chi connectivity index (χ2v) is 12.2. The third kappa shape index (κ3) is 5.99. The lowest BCUT2D eigenvalue weighted by atomic mass is 9.74. The first kappa shape index (κ1) is 31.9. The van der Waals surface area contributed by atoms with Gasteiger partial charge in [0.25, 0.3) is 0 Å². The Bertz CT molecular complexity index is 2300. The second-order valence-electron chi connectivity index (χ2n) is 11.8. The van der Waals surface area contributed by atoms with E-state index >= 15 is 13.2 Å². The van der Waals surface area contributed by atoms with E-state index in [-0.39, 0.29) is 27.5 Å². The van der Waals surface area contributed by atoms with Crippen molar-refractivity contribution in [2.24, 2.45) is 0 Å². The predicted molar refractivity (Wildman–Crippen MR) is 185 cm³/mol. The van der Waals surface area contributed by atoms with E-state index in [2.05, 4.69) is 15.0 Å². The average molecular weight is 678 g/mol. The van der Waals surface area contributed by atoms with Crippen molar-refractivity contribution >= 4 is 51.5 Å². The quantitative estimate of drug-likeness (QED) is 0.120. The molecule has 3 heterocycles. The van der Waals surface area contributed by atoms with Gasteiger partial charge in [0.2, 0.25) is 0 Å². The van der Waals surface area contributed by atoms with Crippen molar-refractivity contribution in [3.8, 4) is 11.4 Å². The predicted octanol–water partition coefficient (Wildman–Crippen LogP) is 9.82. The third-order valence-corrected chi connectivity index (χ3v) is 9.01. The summed E-state index contributed by atoms with van der Waals surface area (Å²) in [7, 11) is 0.